The smallest absolute Gasteiger partial charge is 0.407 e. The number of benzene rings is 1. The van der Waals surface area contributed by atoms with Crippen molar-refractivity contribution in [3.8, 4) is 0 Å². The molecule has 1 aromatic carbocycles. The first-order valence-electron chi connectivity index (χ1n) is 6.04. The fraction of sp³-hybridized carbons (Fsp3) is 0.462. The van der Waals surface area contributed by atoms with E-state index >= 15 is 0 Å². The highest BCUT2D eigenvalue weighted by molar-refractivity contribution is 5.67. The van der Waals surface area contributed by atoms with Crippen LogP contribution in [0.5, 0.6) is 0 Å². The van der Waals surface area contributed by atoms with Crippen LogP contribution in [0.2, 0.25) is 0 Å². The number of carbonyl (C=O) groups excluding carboxylic acids is 1. The Kier molecular flexibility index (Phi) is 2.73. The van der Waals surface area contributed by atoms with Crippen molar-refractivity contribution in [2.24, 2.45) is 11.8 Å². The van der Waals surface area contributed by atoms with Gasteiger partial charge >= 0.3 is 6.09 Å². The van der Waals surface area contributed by atoms with Crippen LogP contribution in [0.15, 0.2) is 30.3 Å². The van der Waals surface area contributed by atoms with Gasteiger partial charge in [0.2, 0.25) is 0 Å². The summed E-state index contributed by atoms with van der Waals surface area (Å²) in [5.74, 6) is 1.11. The first kappa shape index (κ1) is 10.6. The summed E-state index contributed by atoms with van der Waals surface area (Å²) in [6.07, 6.45) is -0.153. The van der Waals surface area contributed by atoms with Crippen LogP contribution in [0.4, 0.5) is 4.79 Å². The molecule has 2 fully saturated rings. The predicted molar refractivity (Wildman–Crippen MR) is 63.4 cm³/mol. The summed E-state index contributed by atoms with van der Waals surface area (Å²) in [7, 11) is 0. The number of hydrogen-bond acceptors (Lipinski definition) is 3. The number of alkyl carbamates (subject to hydrolysis) is 1. The molecule has 4 heteroatoms. The fourth-order valence-corrected chi connectivity index (χ4v) is 2.47. The monoisotopic (exact) mass is 232 g/mol. The topological polar surface area (TPSA) is 50.4 Å². The number of carbonyl (C=O) groups is 1. The van der Waals surface area contributed by atoms with Gasteiger partial charge in [-0.1, -0.05) is 30.3 Å². The molecule has 0 radical (unpaired) electrons. The lowest BCUT2D eigenvalue weighted by molar-refractivity contribution is 0.125. The lowest BCUT2D eigenvalue weighted by atomic mass is 10.2. The van der Waals surface area contributed by atoms with Crippen molar-refractivity contribution in [3.63, 3.8) is 0 Å². The molecule has 90 valence electrons. The summed E-state index contributed by atoms with van der Waals surface area (Å²) < 4.78 is 5.36. The number of hydrogen-bond donors (Lipinski definition) is 2. The van der Waals surface area contributed by atoms with Gasteiger partial charge in [0.1, 0.15) is 6.10 Å². The molecular formula is C13H16N2O2. The minimum atomic E-state index is -0.298. The predicted octanol–water partition coefficient (Wildman–Crippen LogP) is 1.13. The molecule has 0 aromatic heterocycles. The van der Waals surface area contributed by atoms with Crippen LogP contribution in [0.3, 0.4) is 0 Å². The first-order valence-corrected chi connectivity index (χ1v) is 6.04. The summed E-state index contributed by atoms with van der Waals surface area (Å²) in [6.45, 7) is 2.50. The zero-order valence-electron chi connectivity index (χ0n) is 9.56. The largest absolute Gasteiger partial charge is 0.446 e. The van der Waals surface area contributed by atoms with Gasteiger partial charge in [0.05, 0.1) is 0 Å². The number of piperidine rings is 1. The van der Waals surface area contributed by atoms with Crippen molar-refractivity contribution in [1.29, 1.82) is 0 Å². The zero-order chi connectivity index (χ0) is 11.7. The van der Waals surface area contributed by atoms with Gasteiger partial charge in [-0.05, 0) is 5.56 Å². The molecule has 1 aliphatic heterocycles. The summed E-state index contributed by atoms with van der Waals surface area (Å²) in [5, 5.41) is 6.05. The third-order valence-corrected chi connectivity index (χ3v) is 3.54. The van der Waals surface area contributed by atoms with Crippen molar-refractivity contribution in [2.75, 3.05) is 13.1 Å². The molecule has 1 aliphatic carbocycles. The van der Waals surface area contributed by atoms with E-state index in [-0.39, 0.29) is 12.2 Å². The van der Waals surface area contributed by atoms with Crippen LogP contribution in [0.1, 0.15) is 5.56 Å². The van der Waals surface area contributed by atoms with E-state index in [0.29, 0.717) is 18.4 Å². The van der Waals surface area contributed by atoms with Gasteiger partial charge in [-0.25, -0.2) is 4.79 Å². The normalized spacial score (nSPS) is 29.5. The second-order valence-electron chi connectivity index (χ2n) is 4.70. The van der Waals surface area contributed by atoms with Crippen LogP contribution < -0.4 is 10.6 Å². The molecule has 4 nitrogen and oxygen atoms in total. The minimum absolute atomic E-state index is 0.145. The van der Waals surface area contributed by atoms with E-state index in [1.165, 1.54) is 0 Å². The Morgan fingerprint density at radius 2 is 2.00 bits per heavy atom. The van der Waals surface area contributed by atoms with Gasteiger partial charge in [0.15, 0.2) is 0 Å². The van der Waals surface area contributed by atoms with Crippen molar-refractivity contribution < 1.29 is 9.53 Å². The Morgan fingerprint density at radius 1 is 1.29 bits per heavy atom. The average molecular weight is 232 g/mol. The molecule has 1 saturated heterocycles. The second kappa shape index (κ2) is 4.37. The van der Waals surface area contributed by atoms with Gasteiger partial charge in [-0.3, -0.25) is 0 Å². The number of rotatable bonds is 3. The van der Waals surface area contributed by atoms with Crippen LogP contribution >= 0.6 is 0 Å². The highest BCUT2D eigenvalue weighted by Gasteiger charge is 2.55. The van der Waals surface area contributed by atoms with Crippen LogP contribution in [0.25, 0.3) is 0 Å². The molecule has 1 aromatic rings. The molecule has 2 aliphatic rings. The fourth-order valence-electron chi connectivity index (χ4n) is 2.47. The Labute approximate surface area is 100 Å². The van der Waals surface area contributed by atoms with E-state index in [2.05, 4.69) is 10.6 Å². The Bertz CT molecular complexity index is 397. The lowest BCUT2D eigenvalue weighted by Crippen LogP contribution is -2.28. The Morgan fingerprint density at radius 3 is 2.71 bits per heavy atom. The standard InChI is InChI=1S/C13H16N2O2/c16-13(15-6-9-4-2-1-3-5-9)17-12-10-7-14-8-11(10)12/h1-5,10-12,14H,6-8H2,(H,15,16)/t10-,11-/m0/s1. The molecule has 17 heavy (non-hydrogen) atoms. The summed E-state index contributed by atoms with van der Waals surface area (Å²) in [4.78, 5) is 11.5. The van der Waals surface area contributed by atoms with Crippen LogP contribution in [-0.4, -0.2) is 25.3 Å². The van der Waals surface area contributed by atoms with E-state index in [1.807, 2.05) is 30.3 Å². The van der Waals surface area contributed by atoms with Gasteiger partial charge in [-0.15, -0.1) is 0 Å². The van der Waals surface area contributed by atoms with E-state index < -0.39 is 0 Å². The van der Waals surface area contributed by atoms with E-state index in [1.54, 1.807) is 0 Å². The highest BCUT2D eigenvalue weighted by atomic mass is 16.6. The third-order valence-electron chi connectivity index (χ3n) is 3.54. The molecule has 2 N–H and O–H groups in total. The van der Waals surface area contributed by atoms with Crippen molar-refractivity contribution in [2.45, 2.75) is 12.6 Å². The SMILES string of the molecule is O=C(NCc1ccccc1)OC1[C@H]2CNC[C@H]12. The summed E-state index contributed by atoms with van der Waals surface area (Å²) in [5.41, 5.74) is 1.09. The van der Waals surface area contributed by atoms with E-state index in [0.717, 1.165) is 18.7 Å². The van der Waals surface area contributed by atoms with Crippen molar-refractivity contribution >= 4 is 6.09 Å². The molecule has 1 saturated carbocycles. The molecule has 1 heterocycles. The number of nitrogens with one attached hydrogen (secondary N) is 2. The molecular weight excluding hydrogens is 216 g/mol. The molecule has 1 amide bonds. The Balaban J connectivity index is 1.42. The molecule has 0 spiro atoms. The number of ether oxygens (including phenoxy) is 1. The second-order valence-corrected chi connectivity index (χ2v) is 4.70. The molecule has 2 atom stereocenters. The zero-order valence-corrected chi connectivity index (χ0v) is 9.56. The lowest BCUT2D eigenvalue weighted by Gasteiger charge is -2.08. The van der Waals surface area contributed by atoms with E-state index in [9.17, 15) is 4.79 Å². The van der Waals surface area contributed by atoms with Crippen LogP contribution in [-0.2, 0) is 11.3 Å². The number of fused-ring (bicyclic) bond motifs is 1. The maximum Gasteiger partial charge on any atom is 0.407 e. The van der Waals surface area contributed by atoms with Gasteiger partial charge in [-0.2, -0.15) is 0 Å². The van der Waals surface area contributed by atoms with Gasteiger partial charge in [0, 0.05) is 31.5 Å². The highest BCUT2D eigenvalue weighted by Crippen LogP contribution is 2.44. The van der Waals surface area contributed by atoms with Gasteiger partial charge in [0.25, 0.3) is 0 Å². The van der Waals surface area contributed by atoms with Crippen LogP contribution in [0, 0.1) is 11.8 Å². The number of amides is 1. The molecule has 0 unspecified atom stereocenters. The minimum Gasteiger partial charge on any atom is -0.446 e. The van der Waals surface area contributed by atoms with E-state index in [4.69, 9.17) is 4.74 Å². The maximum absolute atomic E-state index is 11.5. The van der Waals surface area contributed by atoms with Crippen molar-refractivity contribution in [3.05, 3.63) is 35.9 Å². The van der Waals surface area contributed by atoms with Gasteiger partial charge < -0.3 is 15.4 Å². The quantitative estimate of drug-likeness (QED) is 0.821. The van der Waals surface area contributed by atoms with Crippen molar-refractivity contribution in [1.82, 2.24) is 10.6 Å². The molecule has 3 rings (SSSR count). The Hall–Kier alpha value is -1.55. The maximum atomic E-state index is 11.5. The summed E-state index contributed by atoms with van der Waals surface area (Å²) in [6, 6.07) is 9.84. The third kappa shape index (κ3) is 2.26. The first-order chi connectivity index (χ1) is 8.34. The average Bonchev–Trinajstić information content (AvgIpc) is 2.79. The molecule has 0 bridgehead atoms. The summed E-state index contributed by atoms with van der Waals surface area (Å²) >= 11 is 0.